The van der Waals surface area contributed by atoms with E-state index in [2.05, 4.69) is 15.3 Å². The fraction of sp³-hybridized carbons (Fsp3) is 0.278. The van der Waals surface area contributed by atoms with Gasteiger partial charge < -0.3 is 14.8 Å². The first kappa shape index (κ1) is 18.6. The lowest BCUT2D eigenvalue weighted by molar-refractivity contribution is 0.0954. The number of hydrogen-bond donors (Lipinski definition) is 1. The maximum atomic E-state index is 12.7. The minimum atomic E-state index is -0.166. The maximum absolute atomic E-state index is 12.7. The third kappa shape index (κ3) is 3.80. The Morgan fingerprint density at radius 1 is 1.31 bits per heavy atom. The quantitative estimate of drug-likeness (QED) is 0.692. The van der Waals surface area contributed by atoms with Gasteiger partial charge >= 0.3 is 0 Å². The van der Waals surface area contributed by atoms with Gasteiger partial charge in [0.25, 0.3) is 5.91 Å². The lowest BCUT2D eigenvalue weighted by Crippen LogP contribution is -2.22. The zero-order chi connectivity index (χ0) is 18.7. The molecule has 2 aromatic heterocycles. The van der Waals surface area contributed by atoms with Crippen LogP contribution in [0, 0.1) is 6.92 Å². The van der Waals surface area contributed by atoms with E-state index < -0.39 is 0 Å². The van der Waals surface area contributed by atoms with Crippen molar-refractivity contribution in [3.05, 3.63) is 51.1 Å². The first-order valence-corrected chi connectivity index (χ1v) is 9.08. The predicted molar refractivity (Wildman–Crippen MR) is 102 cm³/mol. The standard InChI is InChI=1S/C18H18ClN3O3S/c1-10-14-17(25-3)21-13(9-24-2)22-18(14)26-15(10)16(23)20-8-11-5-4-6-12(19)7-11/h4-7H,8-9H2,1-3H3,(H,20,23). The molecule has 0 spiro atoms. The molecule has 1 amide bonds. The number of aromatic nitrogens is 2. The SMILES string of the molecule is COCc1nc(OC)c2c(C)c(C(=O)NCc3cccc(Cl)c3)sc2n1. The zero-order valence-electron chi connectivity index (χ0n) is 14.6. The van der Waals surface area contributed by atoms with E-state index in [0.29, 0.717) is 33.0 Å². The molecule has 26 heavy (non-hydrogen) atoms. The van der Waals surface area contributed by atoms with Gasteiger partial charge in [0, 0.05) is 18.7 Å². The van der Waals surface area contributed by atoms with E-state index in [4.69, 9.17) is 21.1 Å². The van der Waals surface area contributed by atoms with E-state index in [1.807, 2.05) is 25.1 Å². The van der Waals surface area contributed by atoms with Gasteiger partial charge in [-0.3, -0.25) is 4.79 Å². The lowest BCUT2D eigenvalue weighted by Gasteiger charge is -2.06. The van der Waals surface area contributed by atoms with Crippen LogP contribution in [0.1, 0.15) is 26.6 Å². The molecule has 0 saturated carbocycles. The van der Waals surface area contributed by atoms with Crippen molar-refractivity contribution in [3.8, 4) is 5.88 Å². The average Bonchev–Trinajstić information content (AvgIpc) is 2.96. The van der Waals surface area contributed by atoms with Gasteiger partial charge in [-0.2, -0.15) is 4.98 Å². The number of amides is 1. The average molecular weight is 392 g/mol. The van der Waals surface area contributed by atoms with Crippen molar-refractivity contribution in [1.29, 1.82) is 0 Å². The van der Waals surface area contributed by atoms with Crippen molar-refractivity contribution in [2.45, 2.75) is 20.1 Å². The Kier molecular flexibility index (Phi) is 5.70. The lowest BCUT2D eigenvalue weighted by atomic mass is 10.2. The van der Waals surface area contributed by atoms with E-state index in [0.717, 1.165) is 16.5 Å². The second-order valence-corrected chi connectivity index (χ2v) is 7.07. The zero-order valence-corrected chi connectivity index (χ0v) is 16.2. The molecule has 0 aliphatic heterocycles. The highest BCUT2D eigenvalue weighted by molar-refractivity contribution is 7.20. The molecule has 0 saturated heterocycles. The Morgan fingerprint density at radius 2 is 2.12 bits per heavy atom. The van der Waals surface area contributed by atoms with Crippen LogP contribution in [0.4, 0.5) is 0 Å². The summed E-state index contributed by atoms with van der Waals surface area (Å²) < 4.78 is 10.5. The molecule has 0 unspecified atom stereocenters. The van der Waals surface area contributed by atoms with E-state index in [9.17, 15) is 4.79 Å². The van der Waals surface area contributed by atoms with E-state index in [1.54, 1.807) is 20.3 Å². The molecule has 8 heteroatoms. The third-order valence-corrected chi connectivity index (χ3v) is 5.24. The molecule has 1 N–H and O–H groups in total. The molecule has 0 radical (unpaired) electrons. The van der Waals surface area contributed by atoms with Crippen molar-refractivity contribution >= 4 is 39.1 Å². The van der Waals surface area contributed by atoms with Crippen LogP contribution in [-0.2, 0) is 17.9 Å². The topological polar surface area (TPSA) is 73.3 Å². The number of benzene rings is 1. The van der Waals surface area contributed by atoms with Crippen molar-refractivity contribution in [1.82, 2.24) is 15.3 Å². The number of fused-ring (bicyclic) bond motifs is 1. The van der Waals surface area contributed by atoms with Crippen molar-refractivity contribution in [2.75, 3.05) is 14.2 Å². The first-order chi connectivity index (χ1) is 12.5. The molecule has 3 rings (SSSR count). The number of aryl methyl sites for hydroxylation is 1. The van der Waals surface area contributed by atoms with Crippen molar-refractivity contribution < 1.29 is 14.3 Å². The van der Waals surface area contributed by atoms with Crippen LogP contribution >= 0.6 is 22.9 Å². The molecule has 136 valence electrons. The summed E-state index contributed by atoms with van der Waals surface area (Å²) in [4.78, 5) is 22.8. The smallest absolute Gasteiger partial charge is 0.261 e. The summed E-state index contributed by atoms with van der Waals surface area (Å²) in [5, 5.41) is 4.31. The number of nitrogens with zero attached hydrogens (tertiary/aromatic N) is 2. The predicted octanol–water partition coefficient (Wildman–Crippen LogP) is 3.74. The number of thiophene rings is 1. The second kappa shape index (κ2) is 7.99. The minimum Gasteiger partial charge on any atom is -0.480 e. The highest BCUT2D eigenvalue weighted by atomic mass is 35.5. The molecule has 2 heterocycles. The van der Waals surface area contributed by atoms with Crippen LogP contribution in [0.15, 0.2) is 24.3 Å². The largest absolute Gasteiger partial charge is 0.480 e. The van der Waals surface area contributed by atoms with E-state index >= 15 is 0 Å². The number of hydrogen-bond acceptors (Lipinski definition) is 6. The summed E-state index contributed by atoms with van der Waals surface area (Å²) in [6.45, 7) is 2.54. The fourth-order valence-electron chi connectivity index (χ4n) is 2.61. The van der Waals surface area contributed by atoms with Crippen LogP contribution < -0.4 is 10.1 Å². The highest BCUT2D eigenvalue weighted by Gasteiger charge is 2.21. The Labute approximate surface area is 160 Å². The van der Waals surface area contributed by atoms with Gasteiger partial charge in [0.05, 0.1) is 17.4 Å². The third-order valence-electron chi connectivity index (χ3n) is 3.82. The second-order valence-electron chi connectivity index (χ2n) is 5.63. The van der Waals surface area contributed by atoms with Crippen molar-refractivity contribution in [3.63, 3.8) is 0 Å². The Morgan fingerprint density at radius 3 is 2.81 bits per heavy atom. The van der Waals surface area contributed by atoms with Crippen LogP contribution in [0.2, 0.25) is 5.02 Å². The van der Waals surface area contributed by atoms with E-state index in [-0.39, 0.29) is 12.5 Å². The summed E-state index contributed by atoms with van der Waals surface area (Å²) in [5.41, 5.74) is 1.73. The van der Waals surface area contributed by atoms with Crippen molar-refractivity contribution in [2.24, 2.45) is 0 Å². The Hall–Kier alpha value is -2.22. The van der Waals surface area contributed by atoms with Crippen LogP contribution in [0.25, 0.3) is 10.2 Å². The molecule has 0 fully saturated rings. The van der Waals surface area contributed by atoms with Gasteiger partial charge in [0.15, 0.2) is 5.82 Å². The van der Waals surface area contributed by atoms with Gasteiger partial charge in [-0.1, -0.05) is 23.7 Å². The van der Waals surface area contributed by atoms with Gasteiger partial charge in [-0.05, 0) is 30.2 Å². The number of halogens is 1. The number of methoxy groups -OCH3 is 2. The molecule has 1 aromatic carbocycles. The van der Waals surface area contributed by atoms with Crippen LogP contribution in [0.3, 0.4) is 0 Å². The van der Waals surface area contributed by atoms with Gasteiger partial charge in [0.2, 0.25) is 5.88 Å². The van der Waals surface area contributed by atoms with Gasteiger partial charge in [-0.25, -0.2) is 4.98 Å². The summed E-state index contributed by atoms with van der Waals surface area (Å²) in [7, 11) is 3.13. The summed E-state index contributed by atoms with van der Waals surface area (Å²) in [6.07, 6.45) is 0. The number of ether oxygens (including phenoxy) is 2. The molecule has 3 aromatic rings. The summed E-state index contributed by atoms with van der Waals surface area (Å²) in [5.74, 6) is 0.800. The van der Waals surface area contributed by atoms with Crippen LogP contribution in [0.5, 0.6) is 5.88 Å². The molecule has 0 bridgehead atoms. The van der Waals surface area contributed by atoms with Gasteiger partial charge in [-0.15, -0.1) is 11.3 Å². The number of nitrogens with one attached hydrogen (secondary N) is 1. The molecule has 0 atom stereocenters. The molecule has 6 nitrogen and oxygen atoms in total. The summed E-state index contributed by atoms with van der Waals surface area (Å²) >= 11 is 7.29. The maximum Gasteiger partial charge on any atom is 0.261 e. The first-order valence-electron chi connectivity index (χ1n) is 7.89. The number of rotatable bonds is 6. The molecule has 0 aliphatic carbocycles. The molecule has 0 aliphatic rings. The van der Waals surface area contributed by atoms with Crippen LogP contribution in [-0.4, -0.2) is 30.1 Å². The molecular weight excluding hydrogens is 374 g/mol. The molecular formula is C18H18ClN3O3S. The summed E-state index contributed by atoms with van der Waals surface area (Å²) in [6, 6.07) is 7.39. The Balaban J connectivity index is 1.89. The number of carbonyl (C=O) groups is 1. The van der Waals surface area contributed by atoms with E-state index in [1.165, 1.54) is 11.3 Å². The fourth-order valence-corrected chi connectivity index (χ4v) is 3.93. The monoisotopic (exact) mass is 391 g/mol. The van der Waals surface area contributed by atoms with Gasteiger partial charge in [0.1, 0.15) is 11.4 Å². The highest BCUT2D eigenvalue weighted by Crippen LogP contribution is 2.35. The Bertz CT molecular complexity index is 958. The number of carbonyl (C=O) groups excluding carboxylic acids is 1. The minimum absolute atomic E-state index is 0.166. The normalized spacial score (nSPS) is 10.9.